The van der Waals surface area contributed by atoms with Gasteiger partial charge in [0.15, 0.2) is 17.2 Å². The number of rotatable bonds is 4. The number of carbonyl (C=O) groups is 1. The number of halogens is 1. The third kappa shape index (κ3) is 4.07. The zero-order chi connectivity index (χ0) is 18.7. The minimum absolute atomic E-state index is 0.249. The van der Waals surface area contributed by atoms with Crippen molar-refractivity contribution >= 4 is 11.7 Å². The van der Waals surface area contributed by atoms with Crippen LogP contribution in [0.25, 0.3) is 0 Å². The van der Waals surface area contributed by atoms with Crippen LogP contribution in [0.1, 0.15) is 18.9 Å². The first-order chi connectivity index (χ1) is 12.5. The first-order valence-electron chi connectivity index (χ1n) is 8.64. The molecular weight excluding hydrogens is 335 g/mol. The Kier molecular flexibility index (Phi) is 5.30. The van der Waals surface area contributed by atoms with Crippen LogP contribution in [0.15, 0.2) is 36.4 Å². The second kappa shape index (κ2) is 7.64. The van der Waals surface area contributed by atoms with Crippen molar-refractivity contribution in [3.05, 3.63) is 47.8 Å². The highest BCUT2D eigenvalue weighted by Crippen LogP contribution is 2.36. The van der Waals surface area contributed by atoms with E-state index in [9.17, 15) is 9.18 Å². The highest BCUT2D eigenvalue weighted by Gasteiger charge is 2.24. The average molecular weight is 358 g/mol. The summed E-state index contributed by atoms with van der Waals surface area (Å²) in [5.41, 5.74) is 1.32. The summed E-state index contributed by atoms with van der Waals surface area (Å²) in [5.74, 6) is 1.45. The molecule has 0 aliphatic carbocycles. The molecule has 26 heavy (non-hydrogen) atoms. The zero-order valence-corrected chi connectivity index (χ0v) is 15.2. The molecule has 1 saturated heterocycles. The molecule has 2 aromatic rings. The van der Waals surface area contributed by atoms with Gasteiger partial charge < -0.3 is 19.7 Å². The summed E-state index contributed by atoms with van der Waals surface area (Å²) in [6.07, 6.45) is 0.973. The average Bonchev–Trinajstić information content (AvgIpc) is 3.05. The molecule has 1 fully saturated rings. The first-order valence-corrected chi connectivity index (χ1v) is 8.64. The number of likely N-dealkylation sites (tertiary alicyclic amines) is 1. The number of urea groups is 1. The Balaban J connectivity index is 1.83. The molecule has 5 nitrogen and oxygen atoms in total. The lowest BCUT2D eigenvalue weighted by molar-refractivity contribution is 0.221. The van der Waals surface area contributed by atoms with E-state index in [2.05, 4.69) is 12.2 Å². The van der Waals surface area contributed by atoms with Crippen LogP contribution in [0.2, 0.25) is 0 Å². The molecule has 1 unspecified atom stereocenters. The predicted octanol–water partition coefficient (Wildman–Crippen LogP) is 4.81. The minimum Gasteiger partial charge on any atom is -0.493 e. The van der Waals surface area contributed by atoms with Gasteiger partial charge in [-0.1, -0.05) is 13.0 Å². The number of methoxy groups -OCH3 is 1. The molecule has 0 radical (unpaired) electrons. The fourth-order valence-corrected chi connectivity index (χ4v) is 2.98. The summed E-state index contributed by atoms with van der Waals surface area (Å²) in [4.78, 5) is 14.2. The van der Waals surface area contributed by atoms with E-state index >= 15 is 0 Å². The monoisotopic (exact) mass is 358 g/mol. The van der Waals surface area contributed by atoms with Crippen molar-refractivity contribution in [1.29, 1.82) is 0 Å². The van der Waals surface area contributed by atoms with Gasteiger partial charge in [-0.3, -0.25) is 0 Å². The number of hydrogen-bond donors (Lipinski definition) is 1. The fraction of sp³-hybridized carbons (Fsp3) is 0.350. The van der Waals surface area contributed by atoms with Crippen molar-refractivity contribution in [2.75, 3.05) is 25.5 Å². The highest BCUT2D eigenvalue weighted by atomic mass is 19.1. The van der Waals surface area contributed by atoms with Gasteiger partial charge >= 0.3 is 6.03 Å². The summed E-state index contributed by atoms with van der Waals surface area (Å²) >= 11 is 0. The van der Waals surface area contributed by atoms with E-state index in [1.807, 2.05) is 19.1 Å². The maximum atomic E-state index is 13.7. The van der Waals surface area contributed by atoms with E-state index in [0.717, 1.165) is 12.0 Å². The fourth-order valence-electron chi connectivity index (χ4n) is 2.98. The molecule has 0 spiro atoms. The molecule has 1 atom stereocenters. The van der Waals surface area contributed by atoms with Gasteiger partial charge in [-0.2, -0.15) is 0 Å². The smallest absolute Gasteiger partial charge is 0.321 e. The lowest BCUT2D eigenvalue weighted by Gasteiger charge is -2.19. The normalized spacial score (nSPS) is 16.5. The van der Waals surface area contributed by atoms with Crippen molar-refractivity contribution < 1.29 is 18.7 Å². The van der Waals surface area contributed by atoms with Gasteiger partial charge in [0.2, 0.25) is 0 Å². The molecular formula is C20H23FN2O3. The number of anilines is 1. The number of ether oxygens (including phenoxy) is 2. The van der Waals surface area contributed by atoms with Gasteiger partial charge in [0.05, 0.1) is 12.8 Å². The molecule has 1 N–H and O–H groups in total. The summed E-state index contributed by atoms with van der Waals surface area (Å²) in [6, 6.07) is 9.33. The summed E-state index contributed by atoms with van der Waals surface area (Å²) < 4.78 is 25.0. The number of carbonyl (C=O) groups excluding carboxylic acids is 1. The van der Waals surface area contributed by atoms with Crippen LogP contribution in [-0.2, 0) is 0 Å². The summed E-state index contributed by atoms with van der Waals surface area (Å²) in [6.45, 7) is 5.45. The SMILES string of the molecule is COc1cc(C)ccc1Oc1ccc(F)cc1NC(=O)N1CCC(C)C1. The van der Waals surface area contributed by atoms with Crippen molar-refractivity contribution in [2.24, 2.45) is 5.92 Å². The number of nitrogens with zero attached hydrogens (tertiary/aromatic N) is 1. The zero-order valence-electron chi connectivity index (χ0n) is 15.2. The Hall–Kier alpha value is -2.76. The molecule has 0 saturated carbocycles. The van der Waals surface area contributed by atoms with Crippen molar-refractivity contribution in [1.82, 2.24) is 4.90 Å². The Labute approximate surface area is 152 Å². The van der Waals surface area contributed by atoms with E-state index in [4.69, 9.17) is 9.47 Å². The number of nitrogens with one attached hydrogen (secondary N) is 1. The number of aryl methyl sites for hydroxylation is 1. The predicted molar refractivity (Wildman–Crippen MR) is 98.6 cm³/mol. The lowest BCUT2D eigenvalue weighted by atomic mass is 10.2. The molecule has 1 aliphatic rings. The Morgan fingerprint density at radius 3 is 2.65 bits per heavy atom. The van der Waals surface area contributed by atoms with E-state index in [1.54, 1.807) is 18.1 Å². The molecule has 1 heterocycles. The van der Waals surface area contributed by atoms with Crippen LogP contribution in [0.3, 0.4) is 0 Å². The van der Waals surface area contributed by atoms with Gasteiger partial charge in [0, 0.05) is 19.2 Å². The van der Waals surface area contributed by atoms with E-state index < -0.39 is 5.82 Å². The van der Waals surface area contributed by atoms with Crippen LogP contribution in [0.4, 0.5) is 14.9 Å². The standard InChI is InChI=1S/C20H23FN2O3/c1-13-4-6-18(19(10-13)25-3)26-17-7-5-15(21)11-16(17)22-20(24)23-9-8-14(2)12-23/h4-7,10-11,14H,8-9,12H2,1-3H3,(H,22,24). The maximum absolute atomic E-state index is 13.7. The van der Waals surface area contributed by atoms with Crippen molar-refractivity contribution in [2.45, 2.75) is 20.3 Å². The summed E-state index contributed by atoms with van der Waals surface area (Å²) in [7, 11) is 1.56. The van der Waals surface area contributed by atoms with Crippen molar-refractivity contribution in [3.63, 3.8) is 0 Å². The van der Waals surface area contributed by atoms with E-state index in [1.165, 1.54) is 18.2 Å². The van der Waals surface area contributed by atoms with E-state index in [-0.39, 0.29) is 11.7 Å². The van der Waals surface area contributed by atoms with Gasteiger partial charge in [-0.15, -0.1) is 0 Å². The molecule has 0 aromatic heterocycles. The minimum atomic E-state index is -0.446. The van der Waals surface area contributed by atoms with Gasteiger partial charge in [0.25, 0.3) is 0 Å². The first kappa shape index (κ1) is 18.0. The number of benzene rings is 2. The highest BCUT2D eigenvalue weighted by molar-refractivity contribution is 5.91. The van der Waals surface area contributed by atoms with Gasteiger partial charge in [-0.25, -0.2) is 9.18 Å². The van der Waals surface area contributed by atoms with Crippen LogP contribution in [0.5, 0.6) is 17.2 Å². The molecule has 2 amide bonds. The second-order valence-electron chi connectivity index (χ2n) is 6.67. The van der Waals surface area contributed by atoms with E-state index in [0.29, 0.717) is 36.3 Å². The van der Waals surface area contributed by atoms with Gasteiger partial charge in [0.1, 0.15) is 5.82 Å². The maximum Gasteiger partial charge on any atom is 0.321 e. The largest absolute Gasteiger partial charge is 0.493 e. The third-order valence-electron chi connectivity index (χ3n) is 4.43. The quantitative estimate of drug-likeness (QED) is 0.853. The Morgan fingerprint density at radius 2 is 1.96 bits per heavy atom. The van der Waals surface area contributed by atoms with Crippen LogP contribution in [0, 0.1) is 18.7 Å². The molecule has 1 aliphatic heterocycles. The summed E-state index contributed by atoms with van der Waals surface area (Å²) in [5, 5.41) is 2.76. The topological polar surface area (TPSA) is 50.8 Å². The van der Waals surface area contributed by atoms with Crippen LogP contribution >= 0.6 is 0 Å². The number of amides is 2. The Morgan fingerprint density at radius 1 is 1.19 bits per heavy atom. The molecule has 138 valence electrons. The molecule has 6 heteroatoms. The van der Waals surface area contributed by atoms with Crippen molar-refractivity contribution in [3.8, 4) is 17.2 Å². The lowest BCUT2D eigenvalue weighted by Crippen LogP contribution is -2.32. The molecule has 3 rings (SSSR count). The molecule has 2 aromatic carbocycles. The molecule has 0 bridgehead atoms. The third-order valence-corrected chi connectivity index (χ3v) is 4.43. The Bertz CT molecular complexity index is 810. The second-order valence-corrected chi connectivity index (χ2v) is 6.67. The van der Waals surface area contributed by atoms with Crippen LogP contribution < -0.4 is 14.8 Å². The van der Waals surface area contributed by atoms with Crippen LogP contribution in [-0.4, -0.2) is 31.1 Å². The van der Waals surface area contributed by atoms with Gasteiger partial charge in [-0.05, 0) is 49.1 Å². The number of hydrogen-bond acceptors (Lipinski definition) is 3.